The molecule has 0 bridgehead atoms. The summed E-state index contributed by atoms with van der Waals surface area (Å²) in [5.41, 5.74) is 7.05. The highest BCUT2D eigenvalue weighted by molar-refractivity contribution is 6.31. The van der Waals surface area contributed by atoms with E-state index in [2.05, 4.69) is 10.6 Å². The van der Waals surface area contributed by atoms with Crippen molar-refractivity contribution in [2.45, 2.75) is 33.2 Å². The minimum atomic E-state index is -0.294. The van der Waals surface area contributed by atoms with Crippen LogP contribution in [0.25, 0.3) is 0 Å². The zero-order valence-corrected chi connectivity index (χ0v) is 15.9. The number of benzene rings is 1. The van der Waals surface area contributed by atoms with E-state index in [0.29, 0.717) is 16.5 Å². The van der Waals surface area contributed by atoms with Gasteiger partial charge >= 0.3 is 0 Å². The van der Waals surface area contributed by atoms with Crippen molar-refractivity contribution in [2.75, 3.05) is 19.0 Å². The van der Waals surface area contributed by atoms with Crippen LogP contribution in [0.15, 0.2) is 12.1 Å². The zero-order valence-electron chi connectivity index (χ0n) is 14.3. The van der Waals surface area contributed by atoms with Gasteiger partial charge in [0.05, 0.1) is 12.8 Å². The van der Waals surface area contributed by atoms with E-state index >= 15 is 0 Å². The Bertz CT molecular complexity index is 580. The largest absolute Gasteiger partial charge is 0.495 e. The van der Waals surface area contributed by atoms with E-state index < -0.39 is 0 Å². The second-order valence-corrected chi connectivity index (χ2v) is 5.95. The summed E-state index contributed by atoms with van der Waals surface area (Å²) in [5.74, 6) is -0.188. The van der Waals surface area contributed by atoms with Crippen LogP contribution in [0.1, 0.15) is 25.8 Å². The highest BCUT2D eigenvalue weighted by Gasteiger charge is 2.17. The molecule has 0 saturated heterocycles. The molecule has 0 aliphatic carbocycles. The fourth-order valence-electron chi connectivity index (χ4n) is 1.84. The third-order valence-corrected chi connectivity index (χ3v) is 4.02. The van der Waals surface area contributed by atoms with Crippen molar-refractivity contribution in [2.24, 2.45) is 11.7 Å². The van der Waals surface area contributed by atoms with Gasteiger partial charge in [-0.2, -0.15) is 0 Å². The first-order valence-electron chi connectivity index (χ1n) is 7.43. The van der Waals surface area contributed by atoms with Crippen LogP contribution in [0.2, 0.25) is 5.02 Å². The van der Waals surface area contributed by atoms with E-state index in [1.54, 1.807) is 26.0 Å². The molecule has 1 rings (SSSR count). The van der Waals surface area contributed by atoms with Gasteiger partial charge in [0.1, 0.15) is 5.75 Å². The van der Waals surface area contributed by atoms with Gasteiger partial charge in [-0.1, -0.05) is 18.5 Å². The van der Waals surface area contributed by atoms with Crippen molar-refractivity contribution in [1.82, 2.24) is 5.32 Å². The molecule has 6 nitrogen and oxygen atoms in total. The number of rotatable bonds is 7. The summed E-state index contributed by atoms with van der Waals surface area (Å²) < 4.78 is 5.20. The van der Waals surface area contributed by atoms with Gasteiger partial charge in [0.2, 0.25) is 11.8 Å². The summed E-state index contributed by atoms with van der Waals surface area (Å²) in [4.78, 5) is 23.7. The van der Waals surface area contributed by atoms with Crippen LogP contribution in [0.3, 0.4) is 0 Å². The Balaban J connectivity index is 0.00000529. The van der Waals surface area contributed by atoms with Crippen molar-refractivity contribution < 1.29 is 14.3 Å². The molecule has 0 aliphatic heterocycles. The Hall–Kier alpha value is -1.50. The van der Waals surface area contributed by atoms with Crippen LogP contribution in [-0.4, -0.2) is 31.5 Å². The molecular weight excluding hydrogens is 353 g/mol. The molecular formula is C16H25Cl2N3O3. The van der Waals surface area contributed by atoms with E-state index in [0.717, 1.165) is 5.56 Å². The molecule has 0 radical (unpaired) electrons. The number of carbonyl (C=O) groups excluding carboxylic acids is 2. The zero-order chi connectivity index (χ0) is 17.6. The fourth-order valence-corrected chi connectivity index (χ4v) is 2.00. The van der Waals surface area contributed by atoms with Gasteiger partial charge in [-0.15, -0.1) is 12.4 Å². The van der Waals surface area contributed by atoms with E-state index in [1.165, 1.54) is 7.11 Å². The first-order chi connectivity index (χ1) is 10.8. The summed E-state index contributed by atoms with van der Waals surface area (Å²) in [6, 6.07) is 3.17. The molecule has 2 atom stereocenters. The SMILES string of the molecule is COc1cc(Cl)c(C)cc1NC(=O)CCNC(=O)C(C)C(C)N.Cl. The number of nitrogens with two attached hydrogens (primary N) is 1. The molecule has 4 N–H and O–H groups in total. The molecule has 2 amide bonds. The van der Waals surface area contributed by atoms with Crippen molar-refractivity contribution in [3.63, 3.8) is 0 Å². The predicted molar refractivity (Wildman–Crippen MR) is 99.1 cm³/mol. The first kappa shape index (κ1) is 22.5. The monoisotopic (exact) mass is 377 g/mol. The highest BCUT2D eigenvalue weighted by Crippen LogP contribution is 2.30. The Morgan fingerprint density at radius 2 is 1.96 bits per heavy atom. The molecule has 8 heteroatoms. The number of methoxy groups -OCH3 is 1. The molecule has 0 aliphatic rings. The van der Waals surface area contributed by atoms with Gasteiger partial charge in [-0.25, -0.2) is 0 Å². The lowest BCUT2D eigenvalue weighted by atomic mass is 10.0. The normalized spacial score (nSPS) is 12.6. The summed E-state index contributed by atoms with van der Waals surface area (Å²) >= 11 is 6.02. The molecule has 24 heavy (non-hydrogen) atoms. The fraction of sp³-hybridized carbons (Fsp3) is 0.500. The lowest BCUT2D eigenvalue weighted by Crippen LogP contribution is -2.39. The van der Waals surface area contributed by atoms with Gasteiger partial charge in [0.25, 0.3) is 0 Å². The van der Waals surface area contributed by atoms with Crippen molar-refractivity contribution >= 4 is 41.5 Å². The number of hydrogen-bond donors (Lipinski definition) is 3. The molecule has 0 spiro atoms. The third-order valence-electron chi connectivity index (χ3n) is 3.61. The maximum atomic E-state index is 12.0. The molecule has 1 aromatic rings. The van der Waals surface area contributed by atoms with E-state index in [9.17, 15) is 9.59 Å². The number of ether oxygens (including phenoxy) is 1. The van der Waals surface area contributed by atoms with Crippen molar-refractivity contribution in [3.05, 3.63) is 22.7 Å². The van der Waals surface area contributed by atoms with E-state index in [-0.39, 0.29) is 49.1 Å². The molecule has 2 unspecified atom stereocenters. The number of hydrogen-bond acceptors (Lipinski definition) is 4. The minimum Gasteiger partial charge on any atom is -0.495 e. The topological polar surface area (TPSA) is 93.5 Å². The standard InChI is InChI=1S/C16H24ClN3O3.ClH/c1-9-7-13(14(23-4)8-12(9)17)20-15(21)5-6-19-16(22)10(2)11(3)18;/h7-8,10-11H,5-6,18H2,1-4H3,(H,19,22)(H,20,21);1H. The second-order valence-electron chi connectivity index (χ2n) is 5.54. The number of halogens is 2. The van der Waals surface area contributed by atoms with Gasteiger partial charge in [-0.05, 0) is 25.5 Å². The molecule has 136 valence electrons. The molecule has 1 aromatic carbocycles. The lowest BCUT2D eigenvalue weighted by molar-refractivity contribution is -0.125. The lowest BCUT2D eigenvalue weighted by Gasteiger charge is -2.15. The van der Waals surface area contributed by atoms with E-state index in [4.69, 9.17) is 22.1 Å². The van der Waals surface area contributed by atoms with E-state index in [1.807, 2.05) is 6.92 Å². The van der Waals surface area contributed by atoms with Gasteiger partial charge in [0.15, 0.2) is 0 Å². The van der Waals surface area contributed by atoms with Crippen LogP contribution >= 0.6 is 24.0 Å². The average molecular weight is 378 g/mol. The molecule has 0 aromatic heterocycles. The summed E-state index contributed by atoms with van der Waals surface area (Å²) in [6.07, 6.45) is 0.155. The Morgan fingerprint density at radius 1 is 1.33 bits per heavy atom. The third kappa shape index (κ3) is 6.55. The predicted octanol–water partition coefficient (Wildman–Crippen LogP) is 2.51. The highest BCUT2D eigenvalue weighted by atomic mass is 35.5. The quantitative estimate of drug-likeness (QED) is 0.680. The Kier molecular flexibility index (Phi) is 9.73. The van der Waals surface area contributed by atoms with Crippen LogP contribution in [0.5, 0.6) is 5.75 Å². The first-order valence-corrected chi connectivity index (χ1v) is 7.81. The van der Waals surface area contributed by atoms with Crippen LogP contribution in [0.4, 0.5) is 5.69 Å². The van der Waals surface area contributed by atoms with Crippen LogP contribution in [-0.2, 0) is 9.59 Å². The molecule has 0 heterocycles. The molecule has 0 fully saturated rings. The average Bonchev–Trinajstić information content (AvgIpc) is 2.49. The van der Waals surface area contributed by atoms with Crippen LogP contribution < -0.4 is 21.1 Å². The maximum absolute atomic E-state index is 12.0. The van der Waals surface area contributed by atoms with Crippen LogP contribution in [0, 0.1) is 12.8 Å². The van der Waals surface area contributed by atoms with Gasteiger partial charge < -0.3 is 21.1 Å². The number of aryl methyl sites for hydroxylation is 1. The molecule has 0 saturated carbocycles. The van der Waals surface area contributed by atoms with Crippen molar-refractivity contribution in [1.29, 1.82) is 0 Å². The summed E-state index contributed by atoms with van der Waals surface area (Å²) in [6.45, 7) is 5.61. The minimum absolute atomic E-state index is 0. The second kappa shape index (κ2) is 10.4. The summed E-state index contributed by atoms with van der Waals surface area (Å²) in [7, 11) is 1.51. The number of carbonyl (C=O) groups is 2. The summed E-state index contributed by atoms with van der Waals surface area (Å²) in [5, 5.41) is 6.02. The maximum Gasteiger partial charge on any atom is 0.226 e. The number of amides is 2. The Morgan fingerprint density at radius 3 is 2.50 bits per heavy atom. The number of anilines is 1. The van der Waals surface area contributed by atoms with Crippen molar-refractivity contribution in [3.8, 4) is 5.75 Å². The smallest absolute Gasteiger partial charge is 0.226 e. The number of nitrogens with one attached hydrogen (secondary N) is 2. The van der Waals surface area contributed by atoms with Gasteiger partial charge in [0, 0.05) is 36.0 Å². The van der Waals surface area contributed by atoms with Gasteiger partial charge in [-0.3, -0.25) is 9.59 Å². The Labute approximate surface area is 153 Å².